The molecule has 25 heavy (non-hydrogen) atoms. The van der Waals surface area contributed by atoms with E-state index in [9.17, 15) is 15.2 Å². The number of hydrogen-bond donors (Lipinski definition) is 2. The average Bonchev–Trinajstić information content (AvgIpc) is 2.92. The normalized spacial score (nSPS) is 11.9. The minimum atomic E-state index is -0.504. The van der Waals surface area contributed by atoms with Gasteiger partial charge in [0.05, 0.1) is 17.3 Å². The van der Waals surface area contributed by atoms with Crippen LogP contribution in [0, 0.1) is 10.1 Å². The molecule has 0 aliphatic carbocycles. The molecule has 0 saturated heterocycles. The lowest BCUT2D eigenvalue weighted by molar-refractivity contribution is -0.463. The molecule has 2 N–H and O–H groups in total. The maximum absolute atomic E-state index is 10.8. The van der Waals surface area contributed by atoms with Gasteiger partial charge in [0.2, 0.25) is 0 Å². The summed E-state index contributed by atoms with van der Waals surface area (Å²) in [6.07, 6.45) is 1.34. The zero-order chi connectivity index (χ0) is 17.6. The highest BCUT2D eigenvalue weighted by Gasteiger charge is 2.10. The number of nitrogens with zero attached hydrogens (tertiary/aromatic N) is 3. The van der Waals surface area contributed by atoms with Crippen LogP contribution >= 0.6 is 0 Å². The van der Waals surface area contributed by atoms with Gasteiger partial charge in [0, 0.05) is 10.3 Å². The fourth-order valence-corrected chi connectivity index (χ4v) is 2.24. The number of nitro groups is 1. The Morgan fingerprint density at radius 2 is 1.84 bits per heavy atom. The monoisotopic (exact) mass is 338 g/mol. The largest absolute Gasteiger partial charge is 0.480 e. The molecule has 1 heterocycles. The minimum absolute atomic E-state index is 0.0764. The number of fused-ring (bicyclic) bond motifs is 1. The van der Waals surface area contributed by atoms with E-state index >= 15 is 0 Å². The van der Waals surface area contributed by atoms with E-state index in [1.54, 1.807) is 48.5 Å². The minimum Gasteiger partial charge on any atom is -0.480 e. The standard InChI is InChI=1S/C17H14N4O4/c22-17-14-9-5-4-8-13(14)15(25-17)10-18-20-16(11-21(23)24)19-12-6-2-1-3-7-12/h1-10,22H,11H2,(H,19,20)/b18-10+. The van der Waals surface area contributed by atoms with Crippen LogP contribution in [0.3, 0.4) is 0 Å². The highest BCUT2D eigenvalue weighted by Crippen LogP contribution is 2.29. The van der Waals surface area contributed by atoms with E-state index in [4.69, 9.17) is 4.42 Å². The molecule has 0 aliphatic rings. The fourth-order valence-electron chi connectivity index (χ4n) is 2.24. The first-order valence-corrected chi connectivity index (χ1v) is 7.37. The Morgan fingerprint density at radius 3 is 2.56 bits per heavy atom. The number of amidine groups is 1. The van der Waals surface area contributed by atoms with Gasteiger partial charge in [-0.2, -0.15) is 5.10 Å². The molecule has 0 fully saturated rings. The Labute approximate surface area is 142 Å². The molecule has 0 radical (unpaired) electrons. The summed E-state index contributed by atoms with van der Waals surface area (Å²) in [4.78, 5) is 14.5. The molecule has 126 valence electrons. The van der Waals surface area contributed by atoms with Crippen molar-refractivity contribution in [1.29, 1.82) is 0 Å². The van der Waals surface area contributed by atoms with Crippen LogP contribution in [0.25, 0.3) is 10.8 Å². The van der Waals surface area contributed by atoms with Gasteiger partial charge in [-0.3, -0.25) is 15.5 Å². The van der Waals surface area contributed by atoms with Crippen molar-refractivity contribution in [1.82, 2.24) is 5.43 Å². The molecule has 3 rings (SSSR count). The van der Waals surface area contributed by atoms with E-state index in [0.29, 0.717) is 22.2 Å². The maximum Gasteiger partial charge on any atom is 0.290 e. The molecular formula is C17H14N4O4. The molecule has 3 aromatic rings. The lowest BCUT2D eigenvalue weighted by atomic mass is 10.2. The van der Waals surface area contributed by atoms with Crippen molar-refractivity contribution in [2.45, 2.75) is 0 Å². The zero-order valence-electron chi connectivity index (χ0n) is 13.0. The van der Waals surface area contributed by atoms with Crippen LogP contribution in [0.5, 0.6) is 5.95 Å². The number of rotatable bonds is 5. The molecule has 0 bridgehead atoms. The molecule has 0 atom stereocenters. The van der Waals surface area contributed by atoms with Gasteiger partial charge in [-0.25, -0.2) is 4.99 Å². The van der Waals surface area contributed by atoms with E-state index in [1.807, 2.05) is 6.07 Å². The van der Waals surface area contributed by atoms with Crippen LogP contribution in [0.4, 0.5) is 5.69 Å². The summed E-state index contributed by atoms with van der Waals surface area (Å²) in [5, 5.41) is 25.7. The predicted molar refractivity (Wildman–Crippen MR) is 94.0 cm³/mol. The Kier molecular flexibility index (Phi) is 4.70. The van der Waals surface area contributed by atoms with Crippen molar-refractivity contribution in [3.05, 3.63) is 70.5 Å². The summed E-state index contributed by atoms with van der Waals surface area (Å²) >= 11 is 0. The van der Waals surface area contributed by atoms with Crippen molar-refractivity contribution in [3.63, 3.8) is 0 Å². The van der Waals surface area contributed by atoms with Crippen LogP contribution < -0.4 is 5.43 Å². The topological polar surface area (TPSA) is 113 Å². The molecule has 8 nitrogen and oxygen atoms in total. The Hall–Kier alpha value is -3.68. The number of nitrogens with one attached hydrogen (secondary N) is 1. The molecule has 8 heteroatoms. The van der Waals surface area contributed by atoms with Gasteiger partial charge in [0.1, 0.15) is 0 Å². The van der Waals surface area contributed by atoms with Crippen LogP contribution in [-0.2, 0) is 0 Å². The van der Waals surface area contributed by atoms with Crippen molar-refractivity contribution >= 4 is 28.5 Å². The Balaban J connectivity index is 1.81. The molecule has 0 aliphatic heterocycles. The number of aromatic hydroxyl groups is 1. The lowest BCUT2D eigenvalue weighted by Crippen LogP contribution is -2.26. The van der Waals surface area contributed by atoms with E-state index < -0.39 is 11.5 Å². The second-order valence-electron chi connectivity index (χ2n) is 5.07. The summed E-state index contributed by atoms with van der Waals surface area (Å²) in [6.45, 7) is -0.504. The highest BCUT2D eigenvalue weighted by atomic mass is 16.6. The summed E-state index contributed by atoms with van der Waals surface area (Å²) < 4.78 is 5.24. The molecule has 0 unspecified atom stereocenters. The van der Waals surface area contributed by atoms with Crippen molar-refractivity contribution in [3.8, 4) is 5.95 Å². The Bertz CT molecular complexity index is 948. The predicted octanol–water partition coefficient (Wildman–Crippen LogP) is 3.07. The summed E-state index contributed by atoms with van der Waals surface area (Å²) in [6, 6.07) is 15.9. The van der Waals surface area contributed by atoms with Crippen LogP contribution in [0.2, 0.25) is 0 Å². The third kappa shape index (κ3) is 3.99. The molecule has 0 saturated carbocycles. The van der Waals surface area contributed by atoms with Crippen LogP contribution in [0.15, 0.2) is 69.1 Å². The van der Waals surface area contributed by atoms with E-state index in [1.165, 1.54) is 6.21 Å². The number of para-hydroxylation sites is 1. The Morgan fingerprint density at radius 1 is 1.16 bits per heavy atom. The first-order chi connectivity index (χ1) is 12.1. The molecule has 0 amide bonds. The second-order valence-corrected chi connectivity index (χ2v) is 5.07. The van der Waals surface area contributed by atoms with Crippen LogP contribution in [0.1, 0.15) is 5.76 Å². The van der Waals surface area contributed by atoms with Crippen molar-refractivity contribution in [2.24, 2.45) is 10.1 Å². The number of benzene rings is 2. The first kappa shape index (κ1) is 16.2. The van der Waals surface area contributed by atoms with Gasteiger partial charge in [-0.1, -0.05) is 36.4 Å². The second kappa shape index (κ2) is 7.26. The third-order valence-electron chi connectivity index (χ3n) is 3.30. The maximum atomic E-state index is 10.8. The zero-order valence-corrected chi connectivity index (χ0v) is 13.0. The SMILES string of the molecule is O=[N+]([O-])CC(=Nc1ccccc1)N/N=C/c1oc(O)c2ccccc12. The molecular weight excluding hydrogens is 324 g/mol. The number of hydrazone groups is 1. The highest BCUT2D eigenvalue weighted by molar-refractivity contribution is 6.00. The number of furan rings is 1. The summed E-state index contributed by atoms with van der Waals surface area (Å²) in [5.74, 6) is 0.203. The van der Waals surface area contributed by atoms with Crippen molar-refractivity contribution in [2.75, 3.05) is 6.54 Å². The van der Waals surface area contributed by atoms with E-state index in [0.717, 1.165) is 0 Å². The number of hydrogen-bond acceptors (Lipinski definition) is 6. The summed E-state index contributed by atoms with van der Waals surface area (Å²) in [7, 11) is 0. The summed E-state index contributed by atoms with van der Waals surface area (Å²) in [5.41, 5.74) is 3.13. The smallest absolute Gasteiger partial charge is 0.290 e. The van der Waals surface area contributed by atoms with Gasteiger partial charge in [0.15, 0.2) is 11.6 Å². The van der Waals surface area contributed by atoms with E-state index in [2.05, 4.69) is 15.5 Å². The molecule has 2 aromatic carbocycles. The fraction of sp³-hybridized carbons (Fsp3) is 0.0588. The first-order valence-electron chi connectivity index (χ1n) is 7.37. The van der Waals surface area contributed by atoms with Gasteiger partial charge >= 0.3 is 0 Å². The van der Waals surface area contributed by atoms with E-state index in [-0.39, 0.29) is 11.8 Å². The van der Waals surface area contributed by atoms with Gasteiger partial charge < -0.3 is 9.52 Å². The van der Waals surface area contributed by atoms with Gasteiger partial charge in [-0.05, 0) is 18.2 Å². The quantitative estimate of drug-likeness (QED) is 0.321. The number of aliphatic imine (C=N–C) groups is 1. The molecule has 0 spiro atoms. The average molecular weight is 338 g/mol. The lowest BCUT2D eigenvalue weighted by Gasteiger charge is -2.01. The van der Waals surface area contributed by atoms with Gasteiger partial charge in [0.25, 0.3) is 12.5 Å². The van der Waals surface area contributed by atoms with Crippen molar-refractivity contribution < 1.29 is 14.4 Å². The van der Waals surface area contributed by atoms with Crippen LogP contribution in [-0.4, -0.2) is 28.6 Å². The molecule has 1 aromatic heterocycles. The third-order valence-corrected chi connectivity index (χ3v) is 3.30. The van der Waals surface area contributed by atoms with Gasteiger partial charge in [-0.15, -0.1) is 0 Å².